The van der Waals surface area contributed by atoms with Crippen LogP contribution in [0.2, 0.25) is 0 Å². The first-order chi connectivity index (χ1) is 5.12. The highest BCUT2D eigenvalue weighted by atomic mass is 32.2. The van der Waals surface area contributed by atoms with Gasteiger partial charge in [0.25, 0.3) is 0 Å². The lowest BCUT2D eigenvalue weighted by Gasteiger charge is -2.31. The fourth-order valence-electron chi connectivity index (χ4n) is 1.51. The molecule has 1 saturated heterocycles. The molecular formula is C8H15NOS. The van der Waals surface area contributed by atoms with Gasteiger partial charge in [-0.25, -0.2) is 0 Å². The molecule has 11 heavy (non-hydrogen) atoms. The van der Waals surface area contributed by atoms with Crippen molar-refractivity contribution in [3.63, 3.8) is 0 Å². The quantitative estimate of drug-likeness (QED) is 0.682. The van der Waals surface area contributed by atoms with E-state index in [0.717, 1.165) is 18.6 Å². The molecule has 2 N–H and O–H groups in total. The number of thioether (sulfide) groups is 1. The lowest BCUT2D eigenvalue weighted by Crippen LogP contribution is -2.46. The average Bonchev–Trinajstić information content (AvgIpc) is 1.85. The van der Waals surface area contributed by atoms with Gasteiger partial charge in [-0.2, -0.15) is 11.8 Å². The maximum atomic E-state index is 10.8. The highest BCUT2D eigenvalue weighted by molar-refractivity contribution is 7.99. The van der Waals surface area contributed by atoms with Crippen LogP contribution in [0.1, 0.15) is 26.2 Å². The molecule has 0 aromatic rings. The van der Waals surface area contributed by atoms with Gasteiger partial charge >= 0.3 is 0 Å². The van der Waals surface area contributed by atoms with Crippen molar-refractivity contribution in [2.24, 2.45) is 5.73 Å². The zero-order chi connectivity index (χ0) is 8.32. The summed E-state index contributed by atoms with van der Waals surface area (Å²) in [4.78, 5) is 10.8. The van der Waals surface area contributed by atoms with Gasteiger partial charge in [0.2, 0.25) is 0 Å². The predicted molar refractivity (Wildman–Crippen MR) is 48.8 cm³/mol. The summed E-state index contributed by atoms with van der Waals surface area (Å²) in [5, 5.41) is 0. The predicted octanol–water partition coefficient (Wildman–Crippen LogP) is 1.19. The minimum atomic E-state index is -0.186. The van der Waals surface area contributed by atoms with Gasteiger partial charge in [-0.05, 0) is 25.5 Å². The minimum absolute atomic E-state index is 0.186. The molecule has 1 heterocycles. The Balaban J connectivity index is 2.43. The number of nitrogens with two attached hydrogens (primary N) is 1. The van der Waals surface area contributed by atoms with Crippen molar-refractivity contribution >= 4 is 17.5 Å². The van der Waals surface area contributed by atoms with E-state index in [2.05, 4.69) is 0 Å². The van der Waals surface area contributed by atoms with E-state index >= 15 is 0 Å². The van der Waals surface area contributed by atoms with Gasteiger partial charge in [0.15, 0.2) is 0 Å². The molecule has 0 radical (unpaired) electrons. The SMILES string of the molecule is CC(=O)CC1(N)CCCSC1. The molecular weight excluding hydrogens is 158 g/mol. The summed E-state index contributed by atoms with van der Waals surface area (Å²) in [6, 6.07) is 0. The van der Waals surface area contributed by atoms with E-state index in [9.17, 15) is 4.79 Å². The Kier molecular flexibility index (Phi) is 2.96. The summed E-state index contributed by atoms with van der Waals surface area (Å²) in [6.45, 7) is 1.62. The Bertz CT molecular complexity index is 152. The topological polar surface area (TPSA) is 43.1 Å². The zero-order valence-corrected chi connectivity index (χ0v) is 7.75. The number of ketones is 1. The van der Waals surface area contributed by atoms with Crippen LogP contribution in [0.4, 0.5) is 0 Å². The van der Waals surface area contributed by atoms with E-state index in [0.29, 0.717) is 6.42 Å². The second-order valence-corrected chi connectivity index (χ2v) is 4.50. The number of hydrogen-bond acceptors (Lipinski definition) is 3. The van der Waals surface area contributed by atoms with E-state index in [1.807, 2.05) is 11.8 Å². The molecule has 0 saturated carbocycles. The van der Waals surface area contributed by atoms with Gasteiger partial charge < -0.3 is 5.73 Å². The smallest absolute Gasteiger partial charge is 0.131 e. The van der Waals surface area contributed by atoms with Crippen LogP contribution in [-0.4, -0.2) is 22.8 Å². The highest BCUT2D eigenvalue weighted by Crippen LogP contribution is 2.27. The van der Waals surface area contributed by atoms with E-state index < -0.39 is 0 Å². The van der Waals surface area contributed by atoms with Gasteiger partial charge in [-0.3, -0.25) is 4.79 Å². The van der Waals surface area contributed by atoms with Crippen LogP contribution < -0.4 is 5.73 Å². The Labute approximate surface area is 71.9 Å². The van der Waals surface area contributed by atoms with Crippen LogP contribution in [0.3, 0.4) is 0 Å². The third-order valence-electron chi connectivity index (χ3n) is 1.95. The lowest BCUT2D eigenvalue weighted by molar-refractivity contribution is -0.118. The molecule has 1 fully saturated rings. The second-order valence-electron chi connectivity index (χ2n) is 3.40. The summed E-state index contributed by atoms with van der Waals surface area (Å²) in [5.74, 6) is 2.37. The molecule has 64 valence electrons. The number of rotatable bonds is 2. The molecule has 0 amide bonds. The summed E-state index contributed by atoms with van der Waals surface area (Å²) < 4.78 is 0. The molecule has 1 atom stereocenters. The fraction of sp³-hybridized carbons (Fsp3) is 0.875. The van der Waals surface area contributed by atoms with Crippen molar-refractivity contribution < 1.29 is 4.79 Å². The molecule has 0 aromatic heterocycles. The van der Waals surface area contributed by atoms with Crippen molar-refractivity contribution in [1.82, 2.24) is 0 Å². The van der Waals surface area contributed by atoms with Gasteiger partial charge in [0.05, 0.1) is 0 Å². The highest BCUT2D eigenvalue weighted by Gasteiger charge is 2.28. The number of carbonyl (C=O) groups excluding carboxylic acids is 1. The van der Waals surface area contributed by atoms with E-state index in [4.69, 9.17) is 5.73 Å². The van der Waals surface area contributed by atoms with E-state index in [-0.39, 0.29) is 11.3 Å². The van der Waals surface area contributed by atoms with Crippen LogP contribution in [0.15, 0.2) is 0 Å². The van der Waals surface area contributed by atoms with Crippen LogP contribution >= 0.6 is 11.8 Å². The zero-order valence-electron chi connectivity index (χ0n) is 6.93. The first-order valence-corrected chi connectivity index (χ1v) is 5.14. The molecule has 1 rings (SSSR count). The van der Waals surface area contributed by atoms with Gasteiger partial charge in [0.1, 0.15) is 5.78 Å². The van der Waals surface area contributed by atoms with Crippen LogP contribution in [-0.2, 0) is 4.79 Å². The minimum Gasteiger partial charge on any atom is -0.324 e. The summed E-state index contributed by atoms with van der Waals surface area (Å²) >= 11 is 1.87. The first-order valence-electron chi connectivity index (χ1n) is 3.98. The fourth-order valence-corrected chi connectivity index (χ4v) is 2.65. The van der Waals surface area contributed by atoms with Crippen molar-refractivity contribution in [3.8, 4) is 0 Å². The third kappa shape index (κ3) is 2.83. The molecule has 0 aromatic carbocycles. The Hall–Kier alpha value is -0.0200. The summed E-state index contributed by atoms with van der Waals surface area (Å²) in [6.07, 6.45) is 2.73. The molecule has 2 nitrogen and oxygen atoms in total. The maximum Gasteiger partial charge on any atom is 0.131 e. The van der Waals surface area contributed by atoms with Crippen molar-refractivity contribution in [2.45, 2.75) is 31.7 Å². The maximum absolute atomic E-state index is 10.8. The Morgan fingerprint density at radius 2 is 2.45 bits per heavy atom. The molecule has 1 unspecified atom stereocenters. The van der Waals surface area contributed by atoms with Gasteiger partial charge in [0, 0.05) is 17.7 Å². The number of Topliss-reactive ketones (excluding diaryl/α,β-unsaturated/α-hetero) is 1. The largest absolute Gasteiger partial charge is 0.324 e. The second kappa shape index (κ2) is 3.59. The van der Waals surface area contributed by atoms with Gasteiger partial charge in [-0.15, -0.1) is 0 Å². The van der Waals surface area contributed by atoms with Gasteiger partial charge in [-0.1, -0.05) is 0 Å². The summed E-state index contributed by atoms with van der Waals surface area (Å²) in [7, 11) is 0. The van der Waals surface area contributed by atoms with Crippen molar-refractivity contribution in [3.05, 3.63) is 0 Å². The van der Waals surface area contributed by atoms with Crippen LogP contribution in [0.25, 0.3) is 0 Å². The average molecular weight is 173 g/mol. The molecule has 0 bridgehead atoms. The third-order valence-corrected chi connectivity index (χ3v) is 3.31. The molecule has 3 heteroatoms. The first kappa shape index (κ1) is 9.07. The molecule has 0 aliphatic carbocycles. The summed E-state index contributed by atoms with van der Waals surface area (Å²) in [5.41, 5.74) is 5.83. The standard InChI is InChI=1S/C8H15NOS/c1-7(10)5-8(9)3-2-4-11-6-8/h2-6,9H2,1H3. The van der Waals surface area contributed by atoms with Crippen LogP contribution in [0.5, 0.6) is 0 Å². The Morgan fingerprint density at radius 1 is 1.73 bits per heavy atom. The lowest BCUT2D eigenvalue weighted by atomic mass is 9.91. The molecule has 0 spiro atoms. The van der Waals surface area contributed by atoms with E-state index in [1.54, 1.807) is 6.92 Å². The molecule has 1 aliphatic rings. The number of carbonyl (C=O) groups is 1. The van der Waals surface area contributed by atoms with Crippen molar-refractivity contribution in [1.29, 1.82) is 0 Å². The van der Waals surface area contributed by atoms with E-state index in [1.165, 1.54) is 5.75 Å². The molecule has 1 aliphatic heterocycles. The number of hydrogen-bond donors (Lipinski definition) is 1. The van der Waals surface area contributed by atoms with Crippen LogP contribution in [0, 0.1) is 0 Å². The monoisotopic (exact) mass is 173 g/mol. The Morgan fingerprint density at radius 3 is 2.91 bits per heavy atom. The normalized spacial score (nSPS) is 31.8. The van der Waals surface area contributed by atoms with Crippen molar-refractivity contribution in [2.75, 3.05) is 11.5 Å².